The summed E-state index contributed by atoms with van der Waals surface area (Å²) >= 11 is 0. The number of unbranched alkanes of at least 4 members (excludes halogenated alkanes) is 3. The Bertz CT molecular complexity index is 765. The summed E-state index contributed by atoms with van der Waals surface area (Å²) in [6.45, 7) is 2.19. The Morgan fingerprint density at radius 3 is 1.97 bits per heavy atom. The van der Waals surface area contributed by atoms with Crippen molar-refractivity contribution in [3.63, 3.8) is 0 Å². The van der Waals surface area contributed by atoms with E-state index in [0.29, 0.717) is 19.0 Å². The van der Waals surface area contributed by atoms with Gasteiger partial charge < -0.3 is 20.9 Å². The molecule has 31 heavy (non-hydrogen) atoms. The predicted molar refractivity (Wildman–Crippen MR) is 125 cm³/mol. The van der Waals surface area contributed by atoms with Gasteiger partial charge in [-0.2, -0.15) is 0 Å². The Kier molecular flexibility index (Phi) is 8.76. The number of amides is 3. The molecule has 3 N–H and O–H groups in total. The molecule has 6 nitrogen and oxygen atoms in total. The van der Waals surface area contributed by atoms with Gasteiger partial charge >= 0.3 is 6.03 Å². The highest BCUT2D eigenvalue weighted by molar-refractivity contribution is 5.74. The van der Waals surface area contributed by atoms with Crippen molar-refractivity contribution in [2.75, 3.05) is 24.5 Å². The fourth-order valence-electron chi connectivity index (χ4n) is 4.16. The van der Waals surface area contributed by atoms with Gasteiger partial charge in [0.1, 0.15) is 0 Å². The van der Waals surface area contributed by atoms with Crippen LogP contribution in [0.2, 0.25) is 0 Å². The van der Waals surface area contributed by atoms with Crippen molar-refractivity contribution in [1.29, 1.82) is 0 Å². The van der Waals surface area contributed by atoms with Crippen LogP contribution in [0, 0.1) is 0 Å². The number of para-hydroxylation sites is 2. The van der Waals surface area contributed by atoms with E-state index in [9.17, 15) is 9.59 Å². The number of nitrogens with one attached hydrogen (secondary N) is 1. The van der Waals surface area contributed by atoms with E-state index in [4.69, 9.17) is 5.73 Å². The standard InChI is InChI=1S/C25H34N4O2/c26-24(30)15-9-1-2-10-18-27-25(31)28-19-16-23(17-20-28)29(21-11-5-3-6-12-21)22-13-7-4-8-14-22/h3-8,11-14,23H,1-2,9-10,15-20H2,(H2,26,30)(H,27,31). The molecule has 3 rings (SSSR count). The lowest BCUT2D eigenvalue weighted by Gasteiger charge is -2.39. The maximum atomic E-state index is 12.5. The van der Waals surface area contributed by atoms with Gasteiger partial charge in [0.2, 0.25) is 5.91 Å². The summed E-state index contributed by atoms with van der Waals surface area (Å²) in [5.74, 6) is -0.241. The molecule has 0 atom stereocenters. The van der Waals surface area contributed by atoms with E-state index in [-0.39, 0.29) is 11.9 Å². The van der Waals surface area contributed by atoms with E-state index in [2.05, 4.69) is 58.7 Å². The zero-order valence-corrected chi connectivity index (χ0v) is 18.2. The molecular formula is C25H34N4O2. The number of nitrogens with zero attached hydrogens (tertiary/aromatic N) is 2. The fraction of sp³-hybridized carbons (Fsp3) is 0.440. The SMILES string of the molecule is NC(=O)CCCCCCNC(=O)N1CCC(N(c2ccccc2)c2ccccc2)CC1. The van der Waals surface area contributed by atoms with Gasteiger partial charge in [-0.3, -0.25) is 4.79 Å². The van der Waals surface area contributed by atoms with E-state index >= 15 is 0 Å². The van der Waals surface area contributed by atoms with Crippen molar-refractivity contribution in [2.24, 2.45) is 5.73 Å². The third-order valence-electron chi connectivity index (χ3n) is 5.81. The molecule has 1 aliphatic heterocycles. The van der Waals surface area contributed by atoms with Crippen LogP contribution in [0.1, 0.15) is 44.9 Å². The Hall–Kier alpha value is -3.02. The van der Waals surface area contributed by atoms with Crippen LogP contribution in [0.15, 0.2) is 60.7 Å². The first-order valence-electron chi connectivity index (χ1n) is 11.4. The second-order valence-corrected chi connectivity index (χ2v) is 8.12. The molecule has 6 heteroatoms. The van der Waals surface area contributed by atoms with Crippen molar-refractivity contribution in [1.82, 2.24) is 10.2 Å². The highest BCUT2D eigenvalue weighted by Gasteiger charge is 2.27. The summed E-state index contributed by atoms with van der Waals surface area (Å²) in [6, 6.07) is 21.3. The molecule has 166 valence electrons. The van der Waals surface area contributed by atoms with Crippen molar-refractivity contribution < 1.29 is 9.59 Å². The van der Waals surface area contributed by atoms with E-state index in [1.165, 1.54) is 11.4 Å². The van der Waals surface area contributed by atoms with Gasteiger partial charge in [-0.15, -0.1) is 0 Å². The molecule has 2 aromatic carbocycles. The fourth-order valence-corrected chi connectivity index (χ4v) is 4.16. The summed E-state index contributed by atoms with van der Waals surface area (Å²) < 4.78 is 0. The summed E-state index contributed by atoms with van der Waals surface area (Å²) in [5, 5.41) is 3.04. The molecule has 1 saturated heterocycles. The zero-order chi connectivity index (χ0) is 21.9. The molecule has 0 saturated carbocycles. The second-order valence-electron chi connectivity index (χ2n) is 8.12. The molecular weight excluding hydrogens is 388 g/mol. The van der Waals surface area contributed by atoms with E-state index in [1.54, 1.807) is 0 Å². The number of primary amides is 1. The van der Waals surface area contributed by atoms with Crippen LogP contribution in [0.3, 0.4) is 0 Å². The number of likely N-dealkylation sites (tertiary alicyclic amines) is 1. The lowest BCUT2D eigenvalue weighted by Crippen LogP contribution is -2.48. The number of urea groups is 1. The van der Waals surface area contributed by atoms with Crippen molar-refractivity contribution in [2.45, 2.75) is 51.0 Å². The second kappa shape index (κ2) is 12.0. The van der Waals surface area contributed by atoms with E-state index in [1.807, 2.05) is 17.0 Å². The summed E-state index contributed by atoms with van der Waals surface area (Å²) in [6.07, 6.45) is 6.05. The molecule has 0 bridgehead atoms. The first-order valence-corrected chi connectivity index (χ1v) is 11.4. The van der Waals surface area contributed by atoms with Crippen LogP contribution in [0.25, 0.3) is 0 Å². The summed E-state index contributed by atoms with van der Waals surface area (Å²) in [4.78, 5) is 27.6. The number of hydrogen-bond acceptors (Lipinski definition) is 3. The maximum Gasteiger partial charge on any atom is 0.317 e. The van der Waals surface area contributed by atoms with E-state index < -0.39 is 0 Å². The highest BCUT2D eigenvalue weighted by atomic mass is 16.2. The van der Waals surface area contributed by atoms with Crippen molar-refractivity contribution >= 4 is 23.3 Å². The summed E-state index contributed by atoms with van der Waals surface area (Å²) in [7, 11) is 0. The Labute approximate surface area is 185 Å². The minimum Gasteiger partial charge on any atom is -0.370 e. The van der Waals surface area contributed by atoms with Gasteiger partial charge in [-0.25, -0.2) is 4.79 Å². The van der Waals surface area contributed by atoms with Crippen LogP contribution >= 0.6 is 0 Å². The number of anilines is 2. The van der Waals surface area contributed by atoms with Crippen molar-refractivity contribution in [3.05, 3.63) is 60.7 Å². The first kappa shape index (κ1) is 22.7. The Morgan fingerprint density at radius 1 is 0.871 bits per heavy atom. The number of piperidine rings is 1. The molecule has 2 aromatic rings. The Morgan fingerprint density at radius 2 is 1.42 bits per heavy atom. The van der Waals surface area contributed by atoms with Gasteiger partial charge in [0.05, 0.1) is 0 Å². The van der Waals surface area contributed by atoms with Gasteiger partial charge in [-0.1, -0.05) is 49.2 Å². The van der Waals surface area contributed by atoms with Crippen LogP contribution in [-0.4, -0.2) is 42.5 Å². The van der Waals surface area contributed by atoms with Crippen molar-refractivity contribution in [3.8, 4) is 0 Å². The lowest BCUT2D eigenvalue weighted by atomic mass is 10.0. The molecule has 1 heterocycles. The molecule has 1 fully saturated rings. The van der Waals surface area contributed by atoms with E-state index in [0.717, 1.165) is 51.6 Å². The maximum absolute atomic E-state index is 12.5. The molecule has 1 aliphatic rings. The van der Waals surface area contributed by atoms with Crippen LogP contribution in [-0.2, 0) is 4.79 Å². The predicted octanol–water partition coefficient (Wildman–Crippen LogP) is 4.43. The minimum atomic E-state index is -0.241. The third kappa shape index (κ3) is 7.02. The number of benzene rings is 2. The quantitative estimate of drug-likeness (QED) is 0.556. The molecule has 0 unspecified atom stereocenters. The number of rotatable bonds is 10. The third-order valence-corrected chi connectivity index (χ3v) is 5.81. The number of nitrogens with two attached hydrogens (primary N) is 1. The van der Waals surface area contributed by atoms with Crippen LogP contribution < -0.4 is 16.0 Å². The first-order chi connectivity index (χ1) is 15.1. The molecule has 0 radical (unpaired) electrons. The van der Waals surface area contributed by atoms with Gasteiger partial charge in [0, 0.05) is 43.5 Å². The Balaban J connectivity index is 1.46. The number of hydrogen-bond donors (Lipinski definition) is 2. The van der Waals surface area contributed by atoms with Crippen LogP contribution in [0.4, 0.5) is 16.2 Å². The van der Waals surface area contributed by atoms with Crippen LogP contribution in [0.5, 0.6) is 0 Å². The monoisotopic (exact) mass is 422 g/mol. The van der Waals surface area contributed by atoms with Gasteiger partial charge in [-0.05, 0) is 49.9 Å². The highest BCUT2D eigenvalue weighted by Crippen LogP contribution is 2.31. The zero-order valence-electron chi connectivity index (χ0n) is 18.2. The smallest absolute Gasteiger partial charge is 0.317 e. The molecule has 0 aromatic heterocycles. The molecule has 0 spiro atoms. The van der Waals surface area contributed by atoms with Gasteiger partial charge in [0.15, 0.2) is 0 Å². The largest absolute Gasteiger partial charge is 0.370 e. The average Bonchev–Trinajstić information content (AvgIpc) is 2.80. The lowest BCUT2D eigenvalue weighted by molar-refractivity contribution is -0.118. The molecule has 3 amide bonds. The summed E-state index contributed by atoms with van der Waals surface area (Å²) in [5.41, 5.74) is 7.52. The van der Waals surface area contributed by atoms with Gasteiger partial charge in [0.25, 0.3) is 0 Å². The molecule has 0 aliphatic carbocycles. The normalized spacial score (nSPS) is 14.3. The average molecular weight is 423 g/mol. The number of carbonyl (C=O) groups is 2. The topological polar surface area (TPSA) is 78.7 Å². The minimum absolute atomic E-state index is 0.0292. The number of carbonyl (C=O) groups excluding carboxylic acids is 2.